The number of Topliss-reactive ketones (excluding diaryl/α,β-unsaturated/α-hetero) is 1. The lowest BCUT2D eigenvalue weighted by Gasteiger charge is -2.32. The maximum absolute atomic E-state index is 12.3. The second-order valence-electron chi connectivity index (χ2n) is 10.4. The Hall–Kier alpha value is -2.15. The summed E-state index contributed by atoms with van der Waals surface area (Å²) in [6, 6.07) is 3.74. The highest BCUT2D eigenvalue weighted by atomic mass is 16.5. The fourth-order valence-corrected chi connectivity index (χ4v) is 4.58. The van der Waals surface area contributed by atoms with E-state index in [1.165, 1.54) is 38.2 Å². The summed E-state index contributed by atoms with van der Waals surface area (Å²) in [5.74, 6) is 1.44. The SMILES string of the molecule is CC(=O)c1ccc2c(c1OCCCNCCCN1CCN(C)CC1)C=CC(C)(CCC=C(C)C)O2. The Labute approximate surface area is 212 Å². The molecule has 6 nitrogen and oxygen atoms in total. The number of carbonyl (C=O) groups is 1. The summed E-state index contributed by atoms with van der Waals surface area (Å²) in [5, 5.41) is 3.53. The molecule has 1 aromatic carbocycles. The number of carbonyl (C=O) groups excluding carboxylic acids is 1. The minimum absolute atomic E-state index is 0.00937. The molecule has 1 saturated heterocycles. The molecule has 1 fully saturated rings. The molecular formula is C29H45N3O3. The highest BCUT2D eigenvalue weighted by molar-refractivity contribution is 5.98. The van der Waals surface area contributed by atoms with E-state index in [0.717, 1.165) is 50.2 Å². The van der Waals surface area contributed by atoms with Gasteiger partial charge < -0.3 is 24.6 Å². The number of ether oxygens (including phenoxy) is 2. The third kappa shape index (κ3) is 8.48. The van der Waals surface area contributed by atoms with Gasteiger partial charge in [-0.25, -0.2) is 0 Å². The first-order chi connectivity index (χ1) is 16.8. The lowest BCUT2D eigenvalue weighted by Crippen LogP contribution is -2.45. The van der Waals surface area contributed by atoms with Crippen molar-refractivity contribution >= 4 is 11.9 Å². The van der Waals surface area contributed by atoms with Gasteiger partial charge in [-0.2, -0.15) is 0 Å². The number of piperazine rings is 1. The lowest BCUT2D eigenvalue weighted by molar-refractivity contribution is 0.101. The number of hydrogen-bond acceptors (Lipinski definition) is 6. The van der Waals surface area contributed by atoms with E-state index < -0.39 is 0 Å². The van der Waals surface area contributed by atoms with Crippen molar-refractivity contribution in [1.29, 1.82) is 0 Å². The van der Waals surface area contributed by atoms with Gasteiger partial charge in [-0.15, -0.1) is 0 Å². The van der Waals surface area contributed by atoms with Crippen molar-refractivity contribution in [2.24, 2.45) is 0 Å². The number of benzene rings is 1. The Morgan fingerprint density at radius 1 is 1.14 bits per heavy atom. The minimum atomic E-state index is -0.359. The van der Waals surface area contributed by atoms with Gasteiger partial charge in [0.2, 0.25) is 0 Å². The minimum Gasteiger partial charge on any atom is -0.492 e. The number of ketones is 1. The van der Waals surface area contributed by atoms with Crippen LogP contribution in [0.3, 0.4) is 0 Å². The van der Waals surface area contributed by atoms with Crippen molar-refractivity contribution in [3.05, 3.63) is 41.0 Å². The zero-order valence-electron chi connectivity index (χ0n) is 22.5. The normalized spacial score (nSPS) is 20.3. The quantitative estimate of drug-likeness (QED) is 0.247. The highest BCUT2D eigenvalue weighted by Gasteiger charge is 2.29. The van der Waals surface area contributed by atoms with E-state index in [2.05, 4.69) is 61.2 Å². The molecule has 2 aliphatic rings. The molecule has 1 N–H and O–H groups in total. The standard InChI is InChI=1S/C29H45N3O3/c1-23(2)9-6-13-29(4)14-12-26-27(35-29)11-10-25(24(3)33)28(26)34-22-8-16-30-15-7-17-32-20-18-31(5)19-21-32/h9-12,14,30H,6-8,13,15-22H2,1-5H3. The van der Waals surface area contributed by atoms with E-state index in [-0.39, 0.29) is 11.4 Å². The van der Waals surface area contributed by atoms with E-state index >= 15 is 0 Å². The van der Waals surface area contributed by atoms with Crippen molar-refractivity contribution in [1.82, 2.24) is 15.1 Å². The molecular weight excluding hydrogens is 438 g/mol. The summed E-state index contributed by atoms with van der Waals surface area (Å²) < 4.78 is 12.6. The van der Waals surface area contributed by atoms with Gasteiger partial charge in [0, 0.05) is 26.2 Å². The van der Waals surface area contributed by atoms with Gasteiger partial charge in [0.25, 0.3) is 0 Å². The maximum atomic E-state index is 12.3. The predicted molar refractivity (Wildman–Crippen MR) is 145 cm³/mol. The topological polar surface area (TPSA) is 54.0 Å². The molecule has 6 heteroatoms. The Bertz CT molecular complexity index is 899. The Morgan fingerprint density at radius 3 is 2.60 bits per heavy atom. The summed E-state index contributed by atoms with van der Waals surface area (Å²) in [7, 11) is 2.19. The largest absolute Gasteiger partial charge is 0.492 e. The summed E-state index contributed by atoms with van der Waals surface area (Å²) >= 11 is 0. The number of nitrogens with zero attached hydrogens (tertiary/aromatic N) is 2. The van der Waals surface area contributed by atoms with Crippen LogP contribution >= 0.6 is 0 Å². The lowest BCUT2D eigenvalue weighted by atomic mass is 9.93. The third-order valence-corrected chi connectivity index (χ3v) is 6.84. The van der Waals surface area contributed by atoms with Gasteiger partial charge >= 0.3 is 0 Å². The van der Waals surface area contributed by atoms with Crippen LogP contribution in [-0.2, 0) is 0 Å². The fraction of sp³-hybridized carbons (Fsp3) is 0.621. The molecule has 0 amide bonds. The molecule has 0 radical (unpaired) electrons. The zero-order valence-corrected chi connectivity index (χ0v) is 22.5. The molecule has 35 heavy (non-hydrogen) atoms. The van der Waals surface area contributed by atoms with E-state index in [9.17, 15) is 4.79 Å². The first-order valence-electron chi connectivity index (χ1n) is 13.2. The molecule has 3 rings (SSSR count). The zero-order chi connectivity index (χ0) is 25.3. The molecule has 0 spiro atoms. The van der Waals surface area contributed by atoms with Crippen molar-refractivity contribution in [3.63, 3.8) is 0 Å². The second-order valence-corrected chi connectivity index (χ2v) is 10.4. The van der Waals surface area contributed by atoms with Gasteiger partial charge in [-0.3, -0.25) is 4.79 Å². The Kier molecular flexibility index (Phi) is 10.4. The van der Waals surface area contributed by atoms with E-state index in [1.807, 2.05) is 12.1 Å². The molecule has 194 valence electrons. The molecule has 0 bridgehead atoms. The van der Waals surface area contributed by atoms with Crippen LogP contribution in [0.25, 0.3) is 6.08 Å². The Balaban J connectivity index is 1.47. The van der Waals surface area contributed by atoms with Crippen LogP contribution in [0.1, 0.15) is 69.3 Å². The van der Waals surface area contributed by atoms with E-state index in [1.54, 1.807) is 6.92 Å². The van der Waals surface area contributed by atoms with Crippen LogP contribution in [-0.4, -0.2) is 80.7 Å². The van der Waals surface area contributed by atoms with E-state index in [4.69, 9.17) is 9.47 Å². The van der Waals surface area contributed by atoms with Crippen molar-refractivity contribution in [2.45, 2.75) is 59.0 Å². The average Bonchev–Trinajstić information content (AvgIpc) is 2.81. The number of nitrogens with one attached hydrogen (secondary N) is 1. The number of rotatable bonds is 13. The van der Waals surface area contributed by atoms with Crippen molar-refractivity contribution in [2.75, 3.05) is 59.5 Å². The summed E-state index contributed by atoms with van der Waals surface area (Å²) in [5.41, 5.74) is 2.45. The van der Waals surface area contributed by atoms with Crippen LogP contribution < -0.4 is 14.8 Å². The molecule has 2 aliphatic heterocycles. The molecule has 1 unspecified atom stereocenters. The van der Waals surface area contributed by atoms with Crippen LogP contribution in [0.15, 0.2) is 29.9 Å². The average molecular weight is 484 g/mol. The van der Waals surface area contributed by atoms with E-state index in [0.29, 0.717) is 17.9 Å². The fourth-order valence-electron chi connectivity index (χ4n) is 4.58. The van der Waals surface area contributed by atoms with Crippen LogP contribution in [0, 0.1) is 0 Å². The number of hydrogen-bond donors (Lipinski definition) is 1. The summed E-state index contributed by atoms with van der Waals surface area (Å²) in [6.45, 7) is 16.3. The highest BCUT2D eigenvalue weighted by Crippen LogP contribution is 2.40. The molecule has 0 saturated carbocycles. The van der Waals surface area contributed by atoms with Crippen LogP contribution in [0.5, 0.6) is 11.5 Å². The predicted octanol–water partition coefficient (Wildman–Crippen LogP) is 4.80. The van der Waals surface area contributed by atoms with Gasteiger partial charge in [0.05, 0.1) is 17.7 Å². The third-order valence-electron chi connectivity index (χ3n) is 6.84. The number of likely N-dealkylation sites (N-methyl/N-ethyl adjacent to an activating group) is 1. The van der Waals surface area contributed by atoms with Gasteiger partial charge in [0.1, 0.15) is 17.1 Å². The monoisotopic (exact) mass is 483 g/mol. The van der Waals surface area contributed by atoms with Crippen LogP contribution in [0.2, 0.25) is 0 Å². The van der Waals surface area contributed by atoms with Crippen molar-refractivity contribution in [3.8, 4) is 11.5 Å². The maximum Gasteiger partial charge on any atom is 0.163 e. The van der Waals surface area contributed by atoms with Crippen molar-refractivity contribution < 1.29 is 14.3 Å². The van der Waals surface area contributed by atoms with Crippen LogP contribution in [0.4, 0.5) is 0 Å². The molecule has 1 atom stereocenters. The first kappa shape index (κ1) is 27.4. The smallest absolute Gasteiger partial charge is 0.163 e. The summed E-state index contributed by atoms with van der Waals surface area (Å²) in [6.07, 6.45) is 10.3. The number of fused-ring (bicyclic) bond motifs is 1. The first-order valence-corrected chi connectivity index (χ1v) is 13.2. The number of allylic oxidation sites excluding steroid dienone is 2. The second kappa shape index (κ2) is 13.2. The molecule has 2 heterocycles. The Morgan fingerprint density at radius 2 is 1.89 bits per heavy atom. The van der Waals surface area contributed by atoms with Gasteiger partial charge in [0.15, 0.2) is 5.78 Å². The van der Waals surface area contributed by atoms with Gasteiger partial charge in [-0.1, -0.05) is 11.6 Å². The summed E-state index contributed by atoms with van der Waals surface area (Å²) in [4.78, 5) is 17.2. The molecule has 1 aromatic rings. The molecule has 0 aliphatic carbocycles. The molecule has 0 aromatic heterocycles. The van der Waals surface area contributed by atoms with Gasteiger partial charge in [-0.05, 0) is 104 Å².